The summed E-state index contributed by atoms with van der Waals surface area (Å²) in [6, 6.07) is 16.7. The highest BCUT2D eigenvalue weighted by Crippen LogP contribution is 2.21. The topological polar surface area (TPSA) is 15.7 Å². The van der Waals surface area contributed by atoms with E-state index in [-0.39, 0.29) is 0 Å². The molecule has 0 amide bonds. The molecule has 0 aliphatic heterocycles. The van der Waals surface area contributed by atoms with Gasteiger partial charge >= 0.3 is 0 Å². The molecule has 0 heterocycles. The molecule has 0 N–H and O–H groups in total. The Morgan fingerprint density at radius 3 is 2.24 bits per heavy atom. The van der Waals surface area contributed by atoms with Crippen LogP contribution in [-0.4, -0.2) is 46.2 Å². The Labute approximate surface area is 152 Å². The van der Waals surface area contributed by atoms with Crippen LogP contribution in [0.4, 0.5) is 5.69 Å². The van der Waals surface area contributed by atoms with E-state index in [0.717, 1.165) is 37.3 Å². The molecule has 0 fully saturated rings. The van der Waals surface area contributed by atoms with Gasteiger partial charge in [-0.1, -0.05) is 42.5 Å². The predicted octanol–water partition coefficient (Wildman–Crippen LogP) is 4.64. The van der Waals surface area contributed by atoms with Gasteiger partial charge < -0.3 is 14.5 Å². The molecule has 3 nitrogen and oxygen atoms in total. The number of unbranched alkanes of at least 4 members (excludes halogenated alkanes) is 1. The Balaban J connectivity index is 1.95. The first kappa shape index (κ1) is 19.1. The average molecular weight is 338 g/mol. The first-order valence-corrected chi connectivity index (χ1v) is 8.88. The van der Waals surface area contributed by atoms with Crippen LogP contribution in [-0.2, 0) is 0 Å². The summed E-state index contributed by atoms with van der Waals surface area (Å²) in [6.45, 7) is 1.87. The molecule has 3 heteroatoms. The van der Waals surface area contributed by atoms with E-state index in [2.05, 4.69) is 80.5 Å². The van der Waals surface area contributed by atoms with Crippen molar-refractivity contribution < 1.29 is 4.74 Å². The first-order chi connectivity index (χ1) is 12.1. The van der Waals surface area contributed by atoms with Crippen LogP contribution in [0.5, 0.6) is 5.75 Å². The number of anilines is 1. The van der Waals surface area contributed by atoms with Crippen molar-refractivity contribution in [3.8, 4) is 5.75 Å². The maximum Gasteiger partial charge on any atom is 0.126 e. The fourth-order valence-corrected chi connectivity index (χ4v) is 2.53. The maximum atomic E-state index is 5.98. The van der Waals surface area contributed by atoms with Gasteiger partial charge in [0.1, 0.15) is 5.75 Å². The third-order valence-electron chi connectivity index (χ3n) is 4.04. The van der Waals surface area contributed by atoms with Crippen LogP contribution in [0.1, 0.15) is 24.0 Å². The average Bonchev–Trinajstić information content (AvgIpc) is 2.60. The minimum Gasteiger partial charge on any atom is -0.493 e. The van der Waals surface area contributed by atoms with Crippen molar-refractivity contribution in [1.29, 1.82) is 0 Å². The van der Waals surface area contributed by atoms with Crippen LogP contribution in [0.25, 0.3) is 12.2 Å². The molecule has 2 rings (SSSR count). The Kier molecular flexibility index (Phi) is 7.55. The van der Waals surface area contributed by atoms with Crippen molar-refractivity contribution in [2.24, 2.45) is 0 Å². The fraction of sp³-hybridized carbons (Fsp3) is 0.364. The molecule has 0 unspecified atom stereocenters. The van der Waals surface area contributed by atoms with E-state index in [1.165, 1.54) is 11.3 Å². The molecule has 0 bridgehead atoms. The zero-order chi connectivity index (χ0) is 18.1. The van der Waals surface area contributed by atoms with E-state index in [0.29, 0.717) is 0 Å². The molecule has 0 spiro atoms. The summed E-state index contributed by atoms with van der Waals surface area (Å²) in [5.74, 6) is 0.952. The van der Waals surface area contributed by atoms with Crippen molar-refractivity contribution in [2.45, 2.75) is 12.8 Å². The minimum absolute atomic E-state index is 0.760. The molecular weight excluding hydrogens is 308 g/mol. The molecule has 134 valence electrons. The predicted molar refractivity (Wildman–Crippen MR) is 109 cm³/mol. The maximum absolute atomic E-state index is 5.98. The van der Waals surface area contributed by atoms with Crippen LogP contribution < -0.4 is 9.64 Å². The Morgan fingerprint density at radius 1 is 0.840 bits per heavy atom. The van der Waals surface area contributed by atoms with Gasteiger partial charge in [0.05, 0.1) is 6.61 Å². The highest BCUT2D eigenvalue weighted by Gasteiger charge is 2.00. The van der Waals surface area contributed by atoms with Crippen LogP contribution in [0.2, 0.25) is 0 Å². The molecule has 0 atom stereocenters. The van der Waals surface area contributed by atoms with Gasteiger partial charge in [-0.05, 0) is 57.2 Å². The summed E-state index contributed by atoms with van der Waals surface area (Å²) < 4.78 is 5.98. The van der Waals surface area contributed by atoms with E-state index in [1.54, 1.807) is 0 Å². The lowest BCUT2D eigenvalue weighted by molar-refractivity contribution is 0.292. The monoisotopic (exact) mass is 338 g/mol. The number of para-hydroxylation sites is 1. The van der Waals surface area contributed by atoms with Crippen molar-refractivity contribution in [3.05, 3.63) is 59.7 Å². The normalized spacial score (nSPS) is 11.2. The lowest BCUT2D eigenvalue weighted by Gasteiger charge is -2.12. The van der Waals surface area contributed by atoms with Gasteiger partial charge in [0.2, 0.25) is 0 Å². The van der Waals surface area contributed by atoms with Crippen molar-refractivity contribution in [1.82, 2.24) is 4.90 Å². The summed E-state index contributed by atoms with van der Waals surface area (Å²) in [7, 11) is 8.31. The first-order valence-electron chi connectivity index (χ1n) is 8.88. The second kappa shape index (κ2) is 9.90. The quantitative estimate of drug-likeness (QED) is 0.489. The molecule has 0 aliphatic rings. The number of hydrogen-bond donors (Lipinski definition) is 0. The third-order valence-corrected chi connectivity index (χ3v) is 4.04. The zero-order valence-corrected chi connectivity index (χ0v) is 15.9. The Morgan fingerprint density at radius 2 is 1.56 bits per heavy atom. The highest BCUT2D eigenvalue weighted by atomic mass is 16.5. The minimum atomic E-state index is 0.760. The number of rotatable bonds is 9. The molecule has 25 heavy (non-hydrogen) atoms. The standard InChI is InChI=1S/C22H30N2O/c1-23(2)17-7-8-18-25-22-10-6-5-9-20(22)14-11-19-12-15-21(16-13-19)24(3)4/h5-6,9-16H,7-8,17-18H2,1-4H3. The van der Waals surface area contributed by atoms with Gasteiger partial charge in [-0.3, -0.25) is 0 Å². The molecule has 0 radical (unpaired) electrons. The Bertz CT molecular complexity index is 660. The lowest BCUT2D eigenvalue weighted by Crippen LogP contribution is -2.13. The van der Waals surface area contributed by atoms with Gasteiger partial charge in [0, 0.05) is 25.3 Å². The van der Waals surface area contributed by atoms with E-state index in [4.69, 9.17) is 4.74 Å². The highest BCUT2D eigenvalue weighted by molar-refractivity contribution is 5.73. The molecule has 0 saturated heterocycles. The van der Waals surface area contributed by atoms with E-state index >= 15 is 0 Å². The summed E-state index contributed by atoms with van der Waals surface area (Å²) >= 11 is 0. The lowest BCUT2D eigenvalue weighted by atomic mass is 10.1. The van der Waals surface area contributed by atoms with Gasteiger partial charge in [0.15, 0.2) is 0 Å². The van der Waals surface area contributed by atoms with Crippen molar-refractivity contribution >= 4 is 17.8 Å². The van der Waals surface area contributed by atoms with Crippen LogP contribution in [0.3, 0.4) is 0 Å². The summed E-state index contributed by atoms with van der Waals surface area (Å²) in [4.78, 5) is 4.31. The van der Waals surface area contributed by atoms with Crippen LogP contribution in [0.15, 0.2) is 48.5 Å². The van der Waals surface area contributed by atoms with E-state index < -0.39 is 0 Å². The van der Waals surface area contributed by atoms with E-state index in [9.17, 15) is 0 Å². The Hall–Kier alpha value is -2.26. The number of nitrogens with zero attached hydrogens (tertiary/aromatic N) is 2. The van der Waals surface area contributed by atoms with Crippen LogP contribution in [0, 0.1) is 0 Å². The van der Waals surface area contributed by atoms with Crippen molar-refractivity contribution in [3.63, 3.8) is 0 Å². The molecule has 0 saturated carbocycles. The van der Waals surface area contributed by atoms with Crippen molar-refractivity contribution in [2.75, 3.05) is 46.2 Å². The zero-order valence-electron chi connectivity index (χ0n) is 15.9. The third kappa shape index (κ3) is 6.63. The van der Waals surface area contributed by atoms with Gasteiger partial charge in [-0.25, -0.2) is 0 Å². The second-order valence-electron chi connectivity index (χ2n) is 6.72. The SMILES string of the molecule is CN(C)CCCCOc1ccccc1C=Cc1ccc(N(C)C)cc1. The molecular formula is C22H30N2O. The van der Waals surface area contributed by atoms with Crippen LogP contribution >= 0.6 is 0 Å². The molecule has 2 aromatic rings. The number of benzene rings is 2. The van der Waals surface area contributed by atoms with Gasteiger partial charge in [-0.2, -0.15) is 0 Å². The summed E-state index contributed by atoms with van der Waals surface area (Å²) in [5.41, 5.74) is 3.51. The summed E-state index contributed by atoms with van der Waals surface area (Å²) in [6.07, 6.45) is 6.49. The molecule has 0 aromatic heterocycles. The fourth-order valence-electron chi connectivity index (χ4n) is 2.53. The summed E-state index contributed by atoms with van der Waals surface area (Å²) in [5, 5.41) is 0. The smallest absolute Gasteiger partial charge is 0.126 e. The second-order valence-corrected chi connectivity index (χ2v) is 6.72. The van der Waals surface area contributed by atoms with Gasteiger partial charge in [-0.15, -0.1) is 0 Å². The number of hydrogen-bond acceptors (Lipinski definition) is 3. The van der Waals surface area contributed by atoms with E-state index in [1.807, 2.05) is 18.2 Å². The largest absolute Gasteiger partial charge is 0.493 e. The number of ether oxygens (including phenoxy) is 1. The molecule has 2 aromatic carbocycles. The van der Waals surface area contributed by atoms with Gasteiger partial charge in [0.25, 0.3) is 0 Å². The molecule has 0 aliphatic carbocycles.